The van der Waals surface area contributed by atoms with E-state index in [-0.39, 0.29) is 11.6 Å². The molecule has 7 heteroatoms. The van der Waals surface area contributed by atoms with E-state index in [1.807, 2.05) is 0 Å². The smallest absolute Gasteiger partial charge is 0.251 e. The molecule has 1 aromatic rings. The Morgan fingerprint density at radius 3 is 2.61 bits per heavy atom. The number of benzene rings is 1. The fourth-order valence-electron chi connectivity index (χ4n) is 1.21. The Balaban J connectivity index is 3.15. The first-order chi connectivity index (χ1) is 8.24. The molecule has 0 aliphatic heterocycles. The van der Waals surface area contributed by atoms with Crippen molar-refractivity contribution in [2.24, 2.45) is 5.14 Å². The van der Waals surface area contributed by atoms with E-state index in [0.29, 0.717) is 0 Å². The summed E-state index contributed by atoms with van der Waals surface area (Å²) in [6.07, 6.45) is 1.48. The fourth-order valence-corrected chi connectivity index (χ4v) is 1.78. The van der Waals surface area contributed by atoms with Crippen LogP contribution in [-0.4, -0.2) is 20.4 Å². The maximum Gasteiger partial charge on any atom is 0.251 e. The molecule has 0 saturated heterocycles. The Hall–Kier alpha value is -1.73. The monoisotopic (exact) mass is 272 g/mol. The Labute approximate surface area is 105 Å². The van der Waals surface area contributed by atoms with Crippen LogP contribution in [0.2, 0.25) is 0 Å². The highest BCUT2D eigenvalue weighted by Gasteiger charge is 2.15. The lowest BCUT2D eigenvalue weighted by molar-refractivity contribution is 0.0946. The van der Waals surface area contributed by atoms with Crippen LogP contribution in [0, 0.1) is 5.82 Å². The molecule has 0 aliphatic carbocycles. The summed E-state index contributed by atoms with van der Waals surface area (Å²) in [6, 6.07) is 2.38. The van der Waals surface area contributed by atoms with E-state index in [4.69, 9.17) is 5.14 Å². The van der Waals surface area contributed by atoms with Gasteiger partial charge in [-0.3, -0.25) is 4.79 Å². The molecule has 0 aliphatic rings. The second-order valence-corrected chi connectivity index (χ2v) is 5.28. The molecule has 5 nitrogen and oxygen atoms in total. The predicted octanol–water partition coefficient (Wildman–Crippen LogP) is 0.777. The topological polar surface area (TPSA) is 89.3 Å². The predicted molar refractivity (Wildman–Crippen MR) is 64.9 cm³/mol. The molecule has 0 fully saturated rings. The second-order valence-electron chi connectivity index (χ2n) is 3.72. The van der Waals surface area contributed by atoms with Crippen LogP contribution in [0.5, 0.6) is 0 Å². The molecule has 0 spiro atoms. The lowest BCUT2D eigenvalue weighted by Crippen LogP contribution is -2.31. The molecule has 0 bridgehead atoms. The van der Waals surface area contributed by atoms with Crippen molar-refractivity contribution in [3.8, 4) is 0 Å². The summed E-state index contributed by atoms with van der Waals surface area (Å²) < 4.78 is 35.4. The minimum absolute atomic E-state index is 0.118. The average Bonchev–Trinajstić information content (AvgIpc) is 2.26. The number of amides is 1. The minimum atomic E-state index is -4.06. The summed E-state index contributed by atoms with van der Waals surface area (Å²) >= 11 is 0. The summed E-state index contributed by atoms with van der Waals surface area (Å²) in [5, 5.41) is 7.37. The zero-order chi connectivity index (χ0) is 13.9. The number of hydrogen-bond acceptors (Lipinski definition) is 3. The van der Waals surface area contributed by atoms with Crippen LogP contribution >= 0.6 is 0 Å². The first kappa shape index (κ1) is 14.3. The Morgan fingerprint density at radius 2 is 2.11 bits per heavy atom. The number of sulfonamides is 1. The van der Waals surface area contributed by atoms with Crippen LogP contribution in [0.1, 0.15) is 17.3 Å². The fraction of sp³-hybridized carbons (Fsp3) is 0.182. The molecule has 1 amide bonds. The van der Waals surface area contributed by atoms with E-state index in [1.165, 1.54) is 6.08 Å². The van der Waals surface area contributed by atoms with Crippen molar-refractivity contribution in [1.82, 2.24) is 5.32 Å². The van der Waals surface area contributed by atoms with E-state index in [1.54, 1.807) is 6.92 Å². The van der Waals surface area contributed by atoms with E-state index in [0.717, 1.165) is 18.2 Å². The number of nitrogens with two attached hydrogens (primary N) is 1. The van der Waals surface area contributed by atoms with Crippen molar-refractivity contribution in [1.29, 1.82) is 0 Å². The van der Waals surface area contributed by atoms with Gasteiger partial charge in [0.25, 0.3) is 5.91 Å². The zero-order valence-corrected chi connectivity index (χ0v) is 10.5. The van der Waals surface area contributed by atoms with Gasteiger partial charge in [-0.25, -0.2) is 17.9 Å². The van der Waals surface area contributed by atoms with Crippen LogP contribution in [0.3, 0.4) is 0 Å². The first-order valence-corrected chi connectivity index (χ1v) is 6.55. The normalized spacial score (nSPS) is 12.8. The zero-order valence-electron chi connectivity index (χ0n) is 9.68. The third kappa shape index (κ3) is 3.64. The maximum absolute atomic E-state index is 13.2. The number of hydrogen-bond donors (Lipinski definition) is 2. The standard InChI is InChI=1S/C11H13FN2O3S/c1-3-7(2)14-11(15)8-4-9(12)6-10(5-8)18(13,16)17/h3-7H,1H2,2H3,(H,14,15)(H2,13,16,17). The van der Waals surface area contributed by atoms with Gasteiger partial charge in [-0.1, -0.05) is 6.08 Å². The van der Waals surface area contributed by atoms with E-state index in [2.05, 4.69) is 11.9 Å². The lowest BCUT2D eigenvalue weighted by Gasteiger charge is -2.10. The number of primary sulfonamides is 1. The maximum atomic E-state index is 13.2. The molecule has 0 aromatic heterocycles. The van der Waals surface area contributed by atoms with Gasteiger partial charge in [0.05, 0.1) is 4.90 Å². The molecular weight excluding hydrogens is 259 g/mol. The molecule has 1 unspecified atom stereocenters. The molecular formula is C11H13FN2O3S. The molecule has 3 N–H and O–H groups in total. The number of carbonyl (C=O) groups is 1. The summed E-state index contributed by atoms with van der Waals surface area (Å²) in [7, 11) is -4.06. The Bertz CT molecular complexity index is 584. The van der Waals surface area contributed by atoms with Gasteiger partial charge in [0.2, 0.25) is 10.0 Å². The highest BCUT2D eigenvalue weighted by atomic mass is 32.2. The van der Waals surface area contributed by atoms with Crippen LogP contribution in [0.15, 0.2) is 35.7 Å². The molecule has 1 aromatic carbocycles. The van der Waals surface area contributed by atoms with Crippen molar-refractivity contribution in [2.45, 2.75) is 17.9 Å². The molecule has 98 valence electrons. The van der Waals surface area contributed by atoms with Crippen molar-refractivity contribution < 1.29 is 17.6 Å². The van der Waals surface area contributed by atoms with Gasteiger partial charge in [0.15, 0.2) is 0 Å². The van der Waals surface area contributed by atoms with Crippen molar-refractivity contribution in [3.05, 3.63) is 42.2 Å². The largest absolute Gasteiger partial charge is 0.346 e. The minimum Gasteiger partial charge on any atom is -0.346 e. The first-order valence-electron chi connectivity index (χ1n) is 5.01. The van der Waals surface area contributed by atoms with Crippen molar-refractivity contribution in [3.63, 3.8) is 0 Å². The number of halogens is 1. The van der Waals surface area contributed by atoms with Gasteiger partial charge in [-0.2, -0.15) is 0 Å². The number of rotatable bonds is 4. The number of carbonyl (C=O) groups excluding carboxylic acids is 1. The van der Waals surface area contributed by atoms with Gasteiger partial charge < -0.3 is 5.32 Å². The van der Waals surface area contributed by atoms with Gasteiger partial charge in [0.1, 0.15) is 5.82 Å². The Kier molecular flexibility index (Phi) is 4.20. The molecule has 0 radical (unpaired) electrons. The van der Waals surface area contributed by atoms with E-state index < -0.39 is 26.6 Å². The summed E-state index contributed by atoms with van der Waals surface area (Å²) in [5.74, 6) is -1.45. The quantitative estimate of drug-likeness (QED) is 0.794. The second kappa shape index (κ2) is 5.28. The highest BCUT2D eigenvalue weighted by Crippen LogP contribution is 2.13. The Morgan fingerprint density at radius 1 is 1.50 bits per heavy atom. The molecule has 0 heterocycles. The van der Waals surface area contributed by atoms with Gasteiger partial charge in [-0.05, 0) is 25.1 Å². The van der Waals surface area contributed by atoms with Crippen LogP contribution in [0.4, 0.5) is 4.39 Å². The molecule has 0 saturated carbocycles. The van der Waals surface area contributed by atoms with Gasteiger partial charge >= 0.3 is 0 Å². The average molecular weight is 272 g/mol. The van der Waals surface area contributed by atoms with Crippen LogP contribution in [-0.2, 0) is 10.0 Å². The van der Waals surface area contributed by atoms with Gasteiger partial charge in [-0.15, -0.1) is 6.58 Å². The van der Waals surface area contributed by atoms with Crippen LogP contribution in [0.25, 0.3) is 0 Å². The molecule has 1 rings (SSSR count). The van der Waals surface area contributed by atoms with Gasteiger partial charge in [0, 0.05) is 11.6 Å². The highest BCUT2D eigenvalue weighted by molar-refractivity contribution is 7.89. The third-order valence-electron chi connectivity index (χ3n) is 2.17. The lowest BCUT2D eigenvalue weighted by atomic mass is 10.2. The number of nitrogens with one attached hydrogen (secondary N) is 1. The van der Waals surface area contributed by atoms with Crippen molar-refractivity contribution >= 4 is 15.9 Å². The summed E-state index contributed by atoms with van der Waals surface area (Å²) in [5.41, 5.74) is -0.118. The summed E-state index contributed by atoms with van der Waals surface area (Å²) in [4.78, 5) is 11.2. The van der Waals surface area contributed by atoms with E-state index >= 15 is 0 Å². The summed E-state index contributed by atoms with van der Waals surface area (Å²) in [6.45, 7) is 5.15. The molecule has 18 heavy (non-hydrogen) atoms. The van der Waals surface area contributed by atoms with Crippen LogP contribution < -0.4 is 10.5 Å². The van der Waals surface area contributed by atoms with Crippen molar-refractivity contribution in [2.75, 3.05) is 0 Å². The van der Waals surface area contributed by atoms with E-state index in [9.17, 15) is 17.6 Å². The molecule has 1 atom stereocenters. The third-order valence-corrected chi connectivity index (χ3v) is 3.07. The SMILES string of the molecule is C=CC(C)NC(=O)c1cc(F)cc(S(N)(=O)=O)c1.